The van der Waals surface area contributed by atoms with E-state index in [0.717, 1.165) is 12.0 Å². The molecule has 2 heteroatoms. The van der Waals surface area contributed by atoms with E-state index in [1.165, 1.54) is 0 Å². The van der Waals surface area contributed by atoms with Crippen LogP contribution < -0.4 is 0 Å². The Hall–Kier alpha value is -1.05. The molecule has 0 unspecified atom stereocenters. The lowest BCUT2D eigenvalue weighted by atomic mass is 10.1. The molecule has 60 valence electrons. The Morgan fingerprint density at radius 1 is 1.82 bits per heavy atom. The first-order valence-corrected chi connectivity index (χ1v) is 3.76. The molecule has 1 aliphatic rings. The van der Waals surface area contributed by atoms with Gasteiger partial charge in [0, 0.05) is 0 Å². The number of hydrogen-bond acceptors (Lipinski definition) is 2. The number of ether oxygens (including phenoxy) is 1. The maximum absolute atomic E-state index is 11.0. The Balaban J connectivity index is 2.79. The lowest BCUT2D eigenvalue weighted by Crippen LogP contribution is -2.04. The van der Waals surface area contributed by atoms with E-state index >= 15 is 0 Å². The van der Waals surface area contributed by atoms with Crippen LogP contribution in [-0.2, 0) is 9.53 Å². The van der Waals surface area contributed by atoms with Gasteiger partial charge in [-0.05, 0) is 25.0 Å². The highest BCUT2D eigenvalue weighted by molar-refractivity contribution is 5.95. The predicted molar refractivity (Wildman–Crippen MR) is 43.1 cm³/mol. The first-order chi connectivity index (χ1) is 5.15. The summed E-state index contributed by atoms with van der Waals surface area (Å²) < 4.78 is 4.90. The molecule has 0 aliphatic carbocycles. The Kier molecular flexibility index (Phi) is 2.13. The van der Waals surface area contributed by atoms with Crippen molar-refractivity contribution in [2.75, 3.05) is 0 Å². The molecule has 11 heavy (non-hydrogen) atoms. The van der Waals surface area contributed by atoms with Gasteiger partial charge in [0.15, 0.2) is 0 Å². The van der Waals surface area contributed by atoms with E-state index < -0.39 is 0 Å². The van der Waals surface area contributed by atoms with Gasteiger partial charge in [0.2, 0.25) is 0 Å². The smallest absolute Gasteiger partial charge is 0.338 e. The van der Waals surface area contributed by atoms with Crippen molar-refractivity contribution in [2.45, 2.75) is 26.4 Å². The third-order valence-electron chi connectivity index (χ3n) is 1.72. The SMILES string of the molecule is C=C(CC)C1=C[C@H](C)OC1=O. The van der Waals surface area contributed by atoms with Crippen molar-refractivity contribution in [3.05, 3.63) is 23.8 Å². The molecule has 2 nitrogen and oxygen atoms in total. The molecule has 0 aromatic rings. The number of hydrogen-bond donors (Lipinski definition) is 0. The molecule has 1 atom stereocenters. The minimum Gasteiger partial charge on any atom is -0.455 e. The average molecular weight is 152 g/mol. The highest BCUT2D eigenvalue weighted by Crippen LogP contribution is 2.21. The van der Waals surface area contributed by atoms with Crippen LogP contribution in [0.15, 0.2) is 23.8 Å². The second-order valence-electron chi connectivity index (χ2n) is 2.65. The predicted octanol–water partition coefficient (Wildman–Crippen LogP) is 1.82. The Bertz CT molecular complexity index is 226. The molecule has 1 rings (SSSR count). The first kappa shape index (κ1) is 8.05. The van der Waals surface area contributed by atoms with Crippen molar-refractivity contribution < 1.29 is 9.53 Å². The second kappa shape index (κ2) is 2.91. The van der Waals surface area contributed by atoms with Gasteiger partial charge in [-0.3, -0.25) is 0 Å². The van der Waals surface area contributed by atoms with Crippen molar-refractivity contribution in [2.24, 2.45) is 0 Å². The standard InChI is InChI=1S/C9H12O2/c1-4-6(2)8-5-7(3)11-9(8)10/h5,7H,2,4H2,1,3H3/t7-/m0/s1. The summed E-state index contributed by atoms with van der Waals surface area (Å²) >= 11 is 0. The van der Waals surface area contributed by atoms with E-state index in [1.54, 1.807) is 0 Å². The molecular weight excluding hydrogens is 140 g/mol. The minimum atomic E-state index is -0.232. The van der Waals surface area contributed by atoms with Crippen LogP contribution >= 0.6 is 0 Å². The Morgan fingerprint density at radius 3 is 2.82 bits per heavy atom. The van der Waals surface area contributed by atoms with Gasteiger partial charge in [-0.1, -0.05) is 13.5 Å². The molecule has 0 amide bonds. The van der Waals surface area contributed by atoms with Gasteiger partial charge in [0.25, 0.3) is 0 Å². The highest BCUT2D eigenvalue weighted by Gasteiger charge is 2.22. The molecule has 0 bridgehead atoms. The van der Waals surface area contributed by atoms with Gasteiger partial charge in [0.05, 0.1) is 5.57 Å². The van der Waals surface area contributed by atoms with E-state index in [-0.39, 0.29) is 12.1 Å². The van der Waals surface area contributed by atoms with Gasteiger partial charge in [-0.25, -0.2) is 4.79 Å². The summed E-state index contributed by atoms with van der Waals surface area (Å²) in [6.07, 6.45) is 2.53. The van der Waals surface area contributed by atoms with Crippen LogP contribution in [-0.4, -0.2) is 12.1 Å². The average Bonchev–Trinajstić information content (AvgIpc) is 2.28. The van der Waals surface area contributed by atoms with E-state index in [1.807, 2.05) is 19.9 Å². The fourth-order valence-corrected chi connectivity index (χ4v) is 1.02. The zero-order valence-corrected chi connectivity index (χ0v) is 6.89. The number of cyclic esters (lactones) is 1. The van der Waals surface area contributed by atoms with Gasteiger partial charge in [-0.2, -0.15) is 0 Å². The molecule has 0 fully saturated rings. The molecule has 1 aliphatic heterocycles. The van der Waals surface area contributed by atoms with Crippen LogP contribution in [0.3, 0.4) is 0 Å². The summed E-state index contributed by atoms with van der Waals surface area (Å²) in [5.74, 6) is -0.232. The lowest BCUT2D eigenvalue weighted by Gasteiger charge is -1.99. The maximum atomic E-state index is 11.0. The molecule has 0 saturated carbocycles. The summed E-state index contributed by atoms with van der Waals surface area (Å²) in [7, 11) is 0. The van der Waals surface area contributed by atoms with Crippen molar-refractivity contribution in [1.82, 2.24) is 0 Å². The second-order valence-corrected chi connectivity index (χ2v) is 2.65. The van der Waals surface area contributed by atoms with Crippen molar-refractivity contribution in [3.8, 4) is 0 Å². The zero-order valence-electron chi connectivity index (χ0n) is 6.89. The van der Waals surface area contributed by atoms with Gasteiger partial charge < -0.3 is 4.74 Å². The largest absolute Gasteiger partial charge is 0.455 e. The van der Waals surface area contributed by atoms with E-state index in [2.05, 4.69) is 6.58 Å². The van der Waals surface area contributed by atoms with Gasteiger partial charge >= 0.3 is 5.97 Å². The topological polar surface area (TPSA) is 26.3 Å². The van der Waals surface area contributed by atoms with Gasteiger partial charge in [0.1, 0.15) is 6.10 Å². The molecule has 0 N–H and O–H groups in total. The zero-order chi connectivity index (χ0) is 8.43. The maximum Gasteiger partial charge on any atom is 0.338 e. The van der Waals surface area contributed by atoms with E-state index in [9.17, 15) is 4.79 Å². The first-order valence-electron chi connectivity index (χ1n) is 3.76. The minimum absolute atomic E-state index is 0.0826. The van der Waals surface area contributed by atoms with Crippen LogP contribution in [0.5, 0.6) is 0 Å². The summed E-state index contributed by atoms with van der Waals surface area (Å²) in [6, 6.07) is 0. The molecule has 0 aromatic carbocycles. The summed E-state index contributed by atoms with van der Waals surface area (Å²) in [4.78, 5) is 11.0. The normalized spacial score (nSPS) is 22.9. The van der Waals surface area contributed by atoms with E-state index in [4.69, 9.17) is 4.74 Å². The van der Waals surface area contributed by atoms with Crippen LogP contribution in [0.2, 0.25) is 0 Å². The molecule has 1 heterocycles. The number of esters is 1. The molecule has 0 radical (unpaired) electrons. The Morgan fingerprint density at radius 2 is 2.45 bits per heavy atom. The summed E-state index contributed by atoms with van der Waals surface area (Å²) in [5, 5.41) is 0. The van der Waals surface area contributed by atoms with Crippen molar-refractivity contribution in [3.63, 3.8) is 0 Å². The number of carbonyl (C=O) groups is 1. The van der Waals surface area contributed by atoms with Crippen LogP contribution in [0.4, 0.5) is 0 Å². The highest BCUT2D eigenvalue weighted by atomic mass is 16.5. The van der Waals surface area contributed by atoms with E-state index in [0.29, 0.717) is 5.57 Å². The molecule has 0 spiro atoms. The third-order valence-corrected chi connectivity index (χ3v) is 1.72. The molecular formula is C9H12O2. The van der Waals surface area contributed by atoms with Crippen molar-refractivity contribution in [1.29, 1.82) is 0 Å². The van der Waals surface area contributed by atoms with Crippen LogP contribution in [0, 0.1) is 0 Å². The molecule has 0 saturated heterocycles. The quantitative estimate of drug-likeness (QED) is 0.564. The summed E-state index contributed by atoms with van der Waals surface area (Å²) in [6.45, 7) is 7.58. The van der Waals surface area contributed by atoms with Crippen molar-refractivity contribution >= 4 is 5.97 Å². The Labute approximate surface area is 66.5 Å². The fraction of sp³-hybridized carbons (Fsp3) is 0.444. The number of carbonyl (C=O) groups excluding carboxylic acids is 1. The monoisotopic (exact) mass is 152 g/mol. The molecule has 0 aromatic heterocycles. The van der Waals surface area contributed by atoms with Crippen LogP contribution in [0.1, 0.15) is 20.3 Å². The third kappa shape index (κ3) is 1.50. The fourth-order valence-electron chi connectivity index (χ4n) is 1.02. The van der Waals surface area contributed by atoms with Crippen LogP contribution in [0.25, 0.3) is 0 Å². The number of rotatable bonds is 2. The van der Waals surface area contributed by atoms with Gasteiger partial charge in [-0.15, -0.1) is 0 Å². The lowest BCUT2D eigenvalue weighted by molar-refractivity contribution is -0.138. The summed E-state index contributed by atoms with van der Waals surface area (Å²) in [5.41, 5.74) is 1.51.